The number of fused-ring (bicyclic) bond motifs is 1. The van der Waals surface area contributed by atoms with Crippen LogP contribution >= 0.6 is 0 Å². The van der Waals surface area contributed by atoms with E-state index >= 15 is 0 Å². The molecule has 0 unspecified atom stereocenters. The molecule has 1 fully saturated rings. The Labute approximate surface area is 113 Å². The third-order valence-electron chi connectivity index (χ3n) is 3.80. The van der Waals surface area contributed by atoms with Crippen LogP contribution in [0.5, 0.6) is 5.75 Å². The van der Waals surface area contributed by atoms with E-state index in [9.17, 15) is 5.11 Å². The van der Waals surface area contributed by atoms with Crippen LogP contribution in [-0.4, -0.2) is 47.7 Å². The van der Waals surface area contributed by atoms with Crippen LogP contribution in [0, 0.1) is 0 Å². The standard InChI is InChI=1S/C15H19N3O/c1-2-17-7-9-18(10-8-17)15-6-3-12-11-13(19)4-5-14(12)16-15/h3-6,11,19H,2,7-10H2,1H3. The van der Waals surface area contributed by atoms with E-state index < -0.39 is 0 Å². The van der Waals surface area contributed by atoms with E-state index in [2.05, 4.69) is 21.7 Å². The molecular formula is C15H19N3O. The van der Waals surface area contributed by atoms with Crippen molar-refractivity contribution >= 4 is 16.7 Å². The van der Waals surface area contributed by atoms with Crippen LogP contribution in [-0.2, 0) is 0 Å². The predicted octanol–water partition coefficient (Wildman–Crippen LogP) is 2.08. The van der Waals surface area contributed by atoms with E-state index in [1.807, 2.05) is 18.2 Å². The number of nitrogens with zero attached hydrogens (tertiary/aromatic N) is 3. The second-order valence-electron chi connectivity index (χ2n) is 4.97. The normalized spacial score (nSPS) is 17.0. The largest absolute Gasteiger partial charge is 0.508 e. The van der Waals surface area contributed by atoms with Crippen molar-refractivity contribution in [1.29, 1.82) is 0 Å². The summed E-state index contributed by atoms with van der Waals surface area (Å²) >= 11 is 0. The molecule has 0 spiro atoms. The van der Waals surface area contributed by atoms with E-state index in [0.29, 0.717) is 5.75 Å². The van der Waals surface area contributed by atoms with Crippen LogP contribution in [0.25, 0.3) is 10.9 Å². The van der Waals surface area contributed by atoms with E-state index in [0.717, 1.165) is 49.4 Å². The molecular weight excluding hydrogens is 238 g/mol. The Balaban J connectivity index is 1.84. The van der Waals surface area contributed by atoms with Crippen molar-refractivity contribution in [3.63, 3.8) is 0 Å². The highest BCUT2D eigenvalue weighted by molar-refractivity contribution is 5.81. The van der Waals surface area contributed by atoms with Crippen LogP contribution in [0.15, 0.2) is 30.3 Å². The highest BCUT2D eigenvalue weighted by Crippen LogP contribution is 2.22. The lowest BCUT2D eigenvalue weighted by atomic mass is 10.2. The lowest BCUT2D eigenvalue weighted by Crippen LogP contribution is -2.46. The van der Waals surface area contributed by atoms with E-state index in [1.165, 1.54) is 0 Å². The van der Waals surface area contributed by atoms with Crippen molar-refractivity contribution < 1.29 is 5.11 Å². The van der Waals surface area contributed by atoms with Crippen molar-refractivity contribution in [2.45, 2.75) is 6.92 Å². The van der Waals surface area contributed by atoms with Gasteiger partial charge >= 0.3 is 0 Å². The highest BCUT2D eigenvalue weighted by atomic mass is 16.3. The second-order valence-corrected chi connectivity index (χ2v) is 4.97. The maximum atomic E-state index is 9.46. The van der Waals surface area contributed by atoms with Crippen molar-refractivity contribution in [3.8, 4) is 5.75 Å². The minimum absolute atomic E-state index is 0.290. The van der Waals surface area contributed by atoms with Gasteiger partial charge in [-0.1, -0.05) is 6.92 Å². The van der Waals surface area contributed by atoms with Gasteiger partial charge in [-0.2, -0.15) is 0 Å². The number of piperazine rings is 1. The fourth-order valence-electron chi connectivity index (χ4n) is 2.57. The summed E-state index contributed by atoms with van der Waals surface area (Å²) in [5.41, 5.74) is 0.938. The third kappa shape index (κ3) is 2.49. The van der Waals surface area contributed by atoms with Gasteiger partial charge in [-0.3, -0.25) is 0 Å². The predicted molar refractivity (Wildman–Crippen MR) is 77.7 cm³/mol. The molecule has 1 aromatic carbocycles. The fourth-order valence-corrected chi connectivity index (χ4v) is 2.57. The average Bonchev–Trinajstić information content (AvgIpc) is 2.47. The molecule has 0 saturated carbocycles. The number of pyridine rings is 1. The van der Waals surface area contributed by atoms with Crippen LogP contribution in [0.4, 0.5) is 5.82 Å². The molecule has 2 aromatic rings. The van der Waals surface area contributed by atoms with Crippen molar-refractivity contribution in [1.82, 2.24) is 9.88 Å². The molecule has 0 bridgehead atoms. The van der Waals surface area contributed by atoms with Gasteiger partial charge in [0.25, 0.3) is 0 Å². The van der Waals surface area contributed by atoms with Gasteiger partial charge in [-0.05, 0) is 36.9 Å². The second kappa shape index (κ2) is 5.05. The molecule has 4 heteroatoms. The maximum absolute atomic E-state index is 9.46. The molecule has 1 aliphatic heterocycles. The number of phenolic OH excluding ortho intramolecular Hbond substituents is 1. The number of anilines is 1. The molecule has 100 valence electrons. The highest BCUT2D eigenvalue weighted by Gasteiger charge is 2.16. The Morgan fingerprint density at radius 3 is 2.63 bits per heavy atom. The van der Waals surface area contributed by atoms with Gasteiger partial charge < -0.3 is 14.9 Å². The Morgan fingerprint density at radius 2 is 1.89 bits per heavy atom. The van der Waals surface area contributed by atoms with Gasteiger partial charge in [-0.25, -0.2) is 4.98 Å². The average molecular weight is 257 g/mol. The molecule has 1 aliphatic rings. The number of rotatable bonds is 2. The van der Waals surface area contributed by atoms with E-state index in [1.54, 1.807) is 12.1 Å². The molecule has 0 aliphatic carbocycles. The Bertz CT molecular complexity index is 577. The van der Waals surface area contributed by atoms with Crippen LogP contribution < -0.4 is 4.90 Å². The molecule has 1 saturated heterocycles. The molecule has 1 aromatic heterocycles. The summed E-state index contributed by atoms with van der Waals surface area (Å²) in [6, 6.07) is 9.39. The van der Waals surface area contributed by atoms with Crippen LogP contribution in [0.3, 0.4) is 0 Å². The maximum Gasteiger partial charge on any atom is 0.129 e. The monoisotopic (exact) mass is 257 g/mol. The Hall–Kier alpha value is -1.81. The van der Waals surface area contributed by atoms with Gasteiger partial charge in [-0.15, -0.1) is 0 Å². The number of phenols is 1. The lowest BCUT2D eigenvalue weighted by Gasteiger charge is -2.34. The first-order valence-corrected chi connectivity index (χ1v) is 6.83. The van der Waals surface area contributed by atoms with Gasteiger partial charge in [0.05, 0.1) is 5.52 Å². The number of benzene rings is 1. The SMILES string of the molecule is CCN1CCN(c2ccc3cc(O)ccc3n2)CC1. The summed E-state index contributed by atoms with van der Waals surface area (Å²) in [6.07, 6.45) is 0. The molecule has 0 atom stereocenters. The molecule has 1 N–H and O–H groups in total. The van der Waals surface area contributed by atoms with Crippen molar-refractivity contribution in [2.75, 3.05) is 37.6 Å². The van der Waals surface area contributed by atoms with Crippen molar-refractivity contribution in [3.05, 3.63) is 30.3 Å². The zero-order valence-electron chi connectivity index (χ0n) is 11.2. The number of likely N-dealkylation sites (N-methyl/N-ethyl adjacent to an activating group) is 1. The van der Waals surface area contributed by atoms with Gasteiger partial charge in [0.2, 0.25) is 0 Å². The van der Waals surface area contributed by atoms with Gasteiger partial charge in [0, 0.05) is 31.6 Å². The summed E-state index contributed by atoms with van der Waals surface area (Å²) in [5, 5.41) is 10.4. The van der Waals surface area contributed by atoms with E-state index in [-0.39, 0.29) is 0 Å². The van der Waals surface area contributed by atoms with Gasteiger partial charge in [0.1, 0.15) is 11.6 Å². The molecule has 4 nitrogen and oxygen atoms in total. The minimum Gasteiger partial charge on any atom is -0.508 e. The summed E-state index contributed by atoms with van der Waals surface area (Å²) < 4.78 is 0. The summed E-state index contributed by atoms with van der Waals surface area (Å²) in [4.78, 5) is 9.47. The van der Waals surface area contributed by atoms with Gasteiger partial charge in [0.15, 0.2) is 0 Å². The fraction of sp³-hybridized carbons (Fsp3) is 0.400. The minimum atomic E-state index is 0.290. The summed E-state index contributed by atoms with van der Waals surface area (Å²) in [5.74, 6) is 1.33. The Kier molecular flexibility index (Phi) is 3.25. The van der Waals surface area contributed by atoms with E-state index in [4.69, 9.17) is 0 Å². The third-order valence-corrected chi connectivity index (χ3v) is 3.80. The van der Waals surface area contributed by atoms with Crippen LogP contribution in [0.2, 0.25) is 0 Å². The smallest absolute Gasteiger partial charge is 0.129 e. The number of aromatic hydroxyl groups is 1. The number of hydrogen-bond acceptors (Lipinski definition) is 4. The molecule has 0 amide bonds. The first kappa shape index (κ1) is 12.2. The first-order chi connectivity index (χ1) is 9.26. The zero-order valence-corrected chi connectivity index (χ0v) is 11.2. The zero-order chi connectivity index (χ0) is 13.2. The lowest BCUT2D eigenvalue weighted by molar-refractivity contribution is 0.270. The molecule has 0 radical (unpaired) electrons. The molecule has 2 heterocycles. The van der Waals surface area contributed by atoms with Crippen molar-refractivity contribution in [2.24, 2.45) is 0 Å². The molecule has 19 heavy (non-hydrogen) atoms. The summed E-state index contributed by atoms with van der Waals surface area (Å²) in [6.45, 7) is 7.60. The molecule has 3 rings (SSSR count). The topological polar surface area (TPSA) is 39.6 Å². The van der Waals surface area contributed by atoms with Crippen LogP contribution in [0.1, 0.15) is 6.92 Å². The first-order valence-electron chi connectivity index (χ1n) is 6.83. The quantitative estimate of drug-likeness (QED) is 0.894. The number of hydrogen-bond donors (Lipinski definition) is 1. The Morgan fingerprint density at radius 1 is 1.11 bits per heavy atom. The number of aromatic nitrogens is 1. The summed E-state index contributed by atoms with van der Waals surface area (Å²) in [7, 11) is 0.